The molecule has 0 aliphatic rings. The van der Waals surface area contributed by atoms with Gasteiger partial charge >= 0.3 is 0 Å². The molecular formula is C8H14N4OS. The van der Waals surface area contributed by atoms with Crippen LogP contribution in [0.25, 0.3) is 0 Å². The molecule has 0 saturated heterocycles. The summed E-state index contributed by atoms with van der Waals surface area (Å²) in [6, 6.07) is -0.0226. The summed E-state index contributed by atoms with van der Waals surface area (Å²) in [4.78, 5) is 11.4. The number of nitrogens with two attached hydrogens (primary N) is 1. The van der Waals surface area contributed by atoms with Gasteiger partial charge < -0.3 is 11.1 Å². The predicted molar refractivity (Wildman–Crippen MR) is 55.1 cm³/mol. The van der Waals surface area contributed by atoms with E-state index in [1.54, 1.807) is 0 Å². The van der Waals surface area contributed by atoms with Crippen LogP contribution in [0.5, 0.6) is 0 Å². The fraction of sp³-hybridized carbons (Fsp3) is 0.625. The van der Waals surface area contributed by atoms with E-state index in [4.69, 9.17) is 5.73 Å². The fourth-order valence-electron chi connectivity index (χ4n) is 0.802. The monoisotopic (exact) mass is 214 g/mol. The predicted octanol–water partition coefficient (Wildman–Crippen LogP) is 0.251. The maximum Gasteiger partial charge on any atom is 0.272 e. The molecule has 0 aliphatic heterocycles. The SMILES string of the molecule is CC(C)C(N)CNC(=O)c1cnsn1. The number of nitrogens with zero attached hydrogens (tertiary/aromatic N) is 2. The van der Waals surface area contributed by atoms with E-state index in [0.717, 1.165) is 11.7 Å². The number of hydrogen-bond acceptors (Lipinski definition) is 5. The Morgan fingerprint density at radius 2 is 2.43 bits per heavy atom. The molecule has 1 unspecified atom stereocenters. The number of hydrogen-bond donors (Lipinski definition) is 2. The van der Waals surface area contributed by atoms with Crippen molar-refractivity contribution in [1.29, 1.82) is 0 Å². The quantitative estimate of drug-likeness (QED) is 0.753. The van der Waals surface area contributed by atoms with Gasteiger partial charge in [-0.1, -0.05) is 13.8 Å². The van der Waals surface area contributed by atoms with Crippen LogP contribution >= 0.6 is 11.7 Å². The van der Waals surface area contributed by atoms with Gasteiger partial charge in [-0.3, -0.25) is 4.79 Å². The van der Waals surface area contributed by atoms with Crippen LogP contribution in [0.2, 0.25) is 0 Å². The second-order valence-corrected chi connectivity index (χ2v) is 3.97. The molecule has 78 valence electrons. The molecule has 0 fully saturated rings. The van der Waals surface area contributed by atoms with Gasteiger partial charge in [0.1, 0.15) is 0 Å². The minimum absolute atomic E-state index is 0.0226. The summed E-state index contributed by atoms with van der Waals surface area (Å²) in [6.07, 6.45) is 1.45. The average molecular weight is 214 g/mol. The Balaban J connectivity index is 2.36. The van der Waals surface area contributed by atoms with E-state index in [9.17, 15) is 4.79 Å². The summed E-state index contributed by atoms with van der Waals surface area (Å²) >= 11 is 1.02. The van der Waals surface area contributed by atoms with Gasteiger partial charge in [0.15, 0.2) is 5.69 Å². The lowest BCUT2D eigenvalue weighted by Gasteiger charge is -2.15. The average Bonchev–Trinajstić information content (AvgIpc) is 2.66. The van der Waals surface area contributed by atoms with Crippen molar-refractivity contribution in [3.63, 3.8) is 0 Å². The van der Waals surface area contributed by atoms with Crippen molar-refractivity contribution in [1.82, 2.24) is 14.1 Å². The van der Waals surface area contributed by atoms with Crippen LogP contribution in [-0.4, -0.2) is 27.2 Å². The van der Waals surface area contributed by atoms with Crippen molar-refractivity contribution in [2.45, 2.75) is 19.9 Å². The van der Waals surface area contributed by atoms with Gasteiger partial charge in [-0.15, -0.1) is 0 Å². The van der Waals surface area contributed by atoms with Crippen molar-refractivity contribution in [3.8, 4) is 0 Å². The maximum absolute atomic E-state index is 11.4. The van der Waals surface area contributed by atoms with Gasteiger partial charge in [-0.25, -0.2) is 0 Å². The zero-order valence-corrected chi connectivity index (χ0v) is 9.04. The van der Waals surface area contributed by atoms with Gasteiger partial charge in [-0.05, 0) is 5.92 Å². The molecule has 0 aliphatic carbocycles. The molecule has 1 atom stereocenters. The highest BCUT2D eigenvalue weighted by Crippen LogP contribution is 1.98. The van der Waals surface area contributed by atoms with Crippen LogP contribution in [-0.2, 0) is 0 Å². The van der Waals surface area contributed by atoms with Gasteiger partial charge in [0, 0.05) is 12.6 Å². The fourth-order valence-corrected chi connectivity index (χ4v) is 1.21. The summed E-state index contributed by atoms with van der Waals surface area (Å²) < 4.78 is 7.56. The van der Waals surface area contributed by atoms with Gasteiger partial charge in [0.2, 0.25) is 0 Å². The molecule has 1 aromatic rings. The smallest absolute Gasteiger partial charge is 0.272 e. The molecule has 0 bridgehead atoms. The van der Waals surface area contributed by atoms with Crippen LogP contribution in [0.4, 0.5) is 0 Å². The summed E-state index contributed by atoms with van der Waals surface area (Å²) in [5.74, 6) is 0.138. The van der Waals surface area contributed by atoms with Gasteiger partial charge in [0.05, 0.1) is 17.9 Å². The first-order valence-corrected chi connectivity index (χ1v) is 5.15. The largest absolute Gasteiger partial charge is 0.349 e. The Labute approximate surface area is 87.0 Å². The highest BCUT2D eigenvalue weighted by Gasteiger charge is 2.12. The highest BCUT2D eigenvalue weighted by molar-refractivity contribution is 6.99. The van der Waals surface area contributed by atoms with E-state index in [1.807, 2.05) is 13.8 Å². The molecule has 0 radical (unpaired) electrons. The third-order valence-corrected chi connectivity index (χ3v) is 2.43. The molecule has 5 nitrogen and oxygen atoms in total. The molecule has 0 spiro atoms. The first-order valence-electron chi connectivity index (χ1n) is 4.42. The Morgan fingerprint density at radius 3 is 2.93 bits per heavy atom. The van der Waals surface area contributed by atoms with Crippen LogP contribution < -0.4 is 11.1 Å². The van der Waals surface area contributed by atoms with E-state index in [1.165, 1.54) is 6.20 Å². The normalized spacial score (nSPS) is 12.9. The van der Waals surface area contributed by atoms with Crippen LogP contribution in [0, 0.1) is 5.92 Å². The van der Waals surface area contributed by atoms with Crippen molar-refractivity contribution in [3.05, 3.63) is 11.9 Å². The number of rotatable bonds is 4. The molecule has 14 heavy (non-hydrogen) atoms. The molecule has 1 aromatic heterocycles. The molecule has 0 saturated carbocycles. The van der Waals surface area contributed by atoms with Crippen molar-refractivity contribution in [2.24, 2.45) is 11.7 Å². The topological polar surface area (TPSA) is 80.9 Å². The number of carbonyl (C=O) groups excluding carboxylic acids is 1. The third kappa shape index (κ3) is 3.04. The number of carbonyl (C=O) groups is 1. The van der Waals surface area contributed by atoms with Crippen LogP contribution in [0.3, 0.4) is 0 Å². The second-order valence-electron chi connectivity index (χ2n) is 3.41. The minimum Gasteiger partial charge on any atom is -0.349 e. The second kappa shape index (κ2) is 5.02. The molecular weight excluding hydrogens is 200 g/mol. The summed E-state index contributed by atoms with van der Waals surface area (Å²) in [5, 5.41) is 2.71. The lowest BCUT2D eigenvalue weighted by Crippen LogP contribution is -2.40. The Morgan fingerprint density at radius 1 is 1.71 bits per heavy atom. The van der Waals surface area contributed by atoms with Gasteiger partial charge in [0.25, 0.3) is 5.91 Å². The van der Waals surface area contributed by atoms with E-state index >= 15 is 0 Å². The zero-order chi connectivity index (χ0) is 10.6. The summed E-state index contributed by atoms with van der Waals surface area (Å²) in [7, 11) is 0. The molecule has 1 rings (SSSR count). The molecule has 6 heteroatoms. The highest BCUT2D eigenvalue weighted by atomic mass is 32.1. The number of nitrogens with one attached hydrogen (secondary N) is 1. The molecule has 1 heterocycles. The molecule has 1 amide bonds. The van der Waals surface area contributed by atoms with Crippen molar-refractivity contribution < 1.29 is 4.79 Å². The first-order chi connectivity index (χ1) is 6.61. The van der Waals surface area contributed by atoms with Crippen LogP contribution in [0.1, 0.15) is 24.3 Å². The van der Waals surface area contributed by atoms with E-state index in [2.05, 4.69) is 14.1 Å². The maximum atomic E-state index is 11.4. The Kier molecular flexibility index (Phi) is 3.97. The summed E-state index contributed by atoms with van der Waals surface area (Å²) in [6.45, 7) is 4.50. The third-order valence-electron chi connectivity index (χ3n) is 1.95. The Hall–Kier alpha value is -1.01. The molecule has 3 N–H and O–H groups in total. The standard InChI is InChI=1S/C8H14N4OS/c1-5(2)6(9)3-10-8(13)7-4-11-14-12-7/h4-6H,3,9H2,1-2H3,(H,10,13). The van der Waals surface area contributed by atoms with Crippen LogP contribution in [0.15, 0.2) is 6.20 Å². The van der Waals surface area contributed by atoms with Gasteiger partial charge in [-0.2, -0.15) is 8.75 Å². The first kappa shape index (κ1) is 11.1. The minimum atomic E-state index is -0.213. The lowest BCUT2D eigenvalue weighted by atomic mass is 10.1. The zero-order valence-electron chi connectivity index (χ0n) is 8.23. The number of aromatic nitrogens is 2. The summed E-state index contributed by atoms with van der Waals surface area (Å²) in [5.41, 5.74) is 6.12. The number of amides is 1. The van der Waals surface area contributed by atoms with E-state index in [0.29, 0.717) is 18.2 Å². The van der Waals surface area contributed by atoms with E-state index < -0.39 is 0 Å². The molecule has 0 aromatic carbocycles. The lowest BCUT2D eigenvalue weighted by molar-refractivity contribution is 0.0945. The van der Waals surface area contributed by atoms with E-state index in [-0.39, 0.29) is 11.9 Å². The van der Waals surface area contributed by atoms with Crippen molar-refractivity contribution >= 4 is 17.6 Å². The Bertz CT molecular complexity index is 286. The van der Waals surface area contributed by atoms with Crippen molar-refractivity contribution in [2.75, 3.05) is 6.54 Å².